The average molecular weight is 538 g/mol. The van der Waals surface area contributed by atoms with Crippen LogP contribution in [0, 0.1) is 5.92 Å². The lowest BCUT2D eigenvalue weighted by Gasteiger charge is -2.18. The maximum Gasteiger partial charge on any atom is 0.0107 e. The average Bonchev–Trinajstić information content (AvgIpc) is 2.66. The monoisotopic (exact) mass is 538 g/mol. The molecule has 0 saturated carbocycles. The minimum absolute atomic E-state index is 0. The Labute approximate surface area is 243 Å². The molecule has 0 aliphatic carbocycles. The Hall–Kier alpha value is -0.120. The maximum absolute atomic E-state index is 3.15. The molecule has 0 aromatic rings. The van der Waals surface area contributed by atoms with Gasteiger partial charge >= 0.3 is 0 Å². The second kappa shape index (κ2) is 112. The molecule has 0 unspecified atom stereocenters. The van der Waals surface area contributed by atoms with Crippen molar-refractivity contribution in [3.63, 3.8) is 0 Å². The molecule has 0 aliphatic heterocycles. The summed E-state index contributed by atoms with van der Waals surface area (Å²) in [6.45, 7) is 23.5. The van der Waals surface area contributed by atoms with Crippen LogP contribution in [0.25, 0.3) is 0 Å². The summed E-state index contributed by atoms with van der Waals surface area (Å²) >= 11 is 0. The van der Waals surface area contributed by atoms with E-state index in [1.165, 1.54) is 58.2 Å². The van der Waals surface area contributed by atoms with Crippen LogP contribution in [0.4, 0.5) is 0 Å². The van der Waals surface area contributed by atoms with Gasteiger partial charge in [0.2, 0.25) is 0 Å². The maximum atomic E-state index is 3.15. The zero-order chi connectivity index (χ0) is 20.3. The molecule has 0 fully saturated rings. The molecule has 0 aliphatic rings. The highest BCUT2D eigenvalue weighted by Gasteiger charge is 1.97. The first-order valence-electron chi connectivity index (χ1n) is 11.0. The van der Waals surface area contributed by atoms with Gasteiger partial charge in [-0.3, -0.25) is 0 Å². The van der Waals surface area contributed by atoms with Gasteiger partial charge in [0.05, 0.1) is 0 Å². The van der Waals surface area contributed by atoms with E-state index in [-0.39, 0.29) is 81.7 Å². The van der Waals surface area contributed by atoms with Gasteiger partial charge in [-0.2, -0.15) is 0 Å². The summed E-state index contributed by atoms with van der Waals surface area (Å²) in [6, 6.07) is 0. The van der Waals surface area contributed by atoms with Gasteiger partial charge in [0.1, 0.15) is 0 Å². The van der Waals surface area contributed by atoms with Crippen molar-refractivity contribution in [2.45, 2.75) is 176 Å². The lowest BCUT2D eigenvalue weighted by molar-refractivity contribution is 0.290. The Bertz CT molecular complexity index is 168. The number of hydrogen-bond donors (Lipinski definition) is 2. The summed E-state index contributed by atoms with van der Waals surface area (Å²) < 4.78 is 0. The van der Waals surface area contributed by atoms with Crippen molar-refractivity contribution >= 4 is 0 Å². The van der Waals surface area contributed by atoms with E-state index in [4.69, 9.17) is 0 Å². The molecule has 3 nitrogen and oxygen atoms in total. The van der Waals surface area contributed by atoms with Crippen LogP contribution in [0.5, 0.6) is 0 Å². The van der Waals surface area contributed by atoms with E-state index < -0.39 is 0 Å². The van der Waals surface area contributed by atoms with Gasteiger partial charge in [-0.15, -0.1) is 0 Å². The third kappa shape index (κ3) is 145. The van der Waals surface area contributed by atoms with Gasteiger partial charge in [0.15, 0.2) is 0 Å². The van der Waals surface area contributed by atoms with Crippen molar-refractivity contribution in [3.8, 4) is 0 Å². The Kier molecular flexibility index (Phi) is 312. The summed E-state index contributed by atoms with van der Waals surface area (Å²) in [5, 5.41) is 6.17. The third-order valence-electron chi connectivity index (χ3n) is 4.06. The summed E-state index contributed by atoms with van der Waals surface area (Å²) in [4.78, 5) is 2.45. The van der Waals surface area contributed by atoms with Gasteiger partial charge in [-0.1, -0.05) is 163 Å². The molecule has 0 bridgehead atoms. The second-order valence-electron chi connectivity index (χ2n) is 6.56. The first-order valence-corrected chi connectivity index (χ1v) is 11.0. The Balaban J connectivity index is -0.0000000119. The van der Waals surface area contributed by atoms with Gasteiger partial charge in [-0.05, 0) is 52.5 Å². The SMILES string of the molecule is C.C.C.C.C.C.C.C.C.C.C.CCC(C)CC.CCCC.CCCN(CC)CCNC.CCCNC. The second-order valence-corrected chi connectivity index (χ2v) is 6.56. The minimum Gasteiger partial charge on any atom is -0.320 e. The van der Waals surface area contributed by atoms with Crippen LogP contribution in [-0.4, -0.2) is 51.7 Å². The summed E-state index contributed by atoms with van der Waals surface area (Å²) in [6.07, 6.45) is 7.79. The fourth-order valence-electron chi connectivity index (χ4n) is 1.55. The zero-order valence-corrected chi connectivity index (χ0v) is 19.8. The third-order valence-corrected chi connectivity index (χ3v) is 4.06. The molecule has 0 saturated heterocycles. The van der Waals surface area contributed by atoms with E-state index >= 15 is 0 Å². The predicted octanol–water partition coefficient (Wildman–Crippen LogP) is 12.8. The lowest BCUT2D eigenvalue weighted by Crippen LogP contribution is -2.31. The van der Waals surface area contributed by atoms with Crippen molar-refractivity contribution in [2.75, 3.05) is 46.8 Å². The predicted molar refractivity (Wildman–Crippen MR) is 195 cm³/mol. The number of rotatable bonds is 11. The van der Waals surface area contributed by atoms with Crippen LogP contribution in [0.3, 0.4) is 0 Å². The first-order chi connectivity index (χ1) is 12.0. The standard InChI is InChI=1S/C8H20N2.C6H14.C4H11N.C4H10.11CH4/c1-4-7-10(5-2)8-6-9-3;1-4-6(3)5-2;1-3-4-5-2;1-3-4-2;;;;;;;;;;;/h9H,4-8H2,1-3H3;6H,4-5H2,1-3H3;5H,3-4H2,1-2H3;3-4H2,1-2H3;11*1H4. The highest BCUT2D eigenvalue weighted by atomic mass is 15.1. The van der Waals surface area contributed by atoms with Crippen LogP contribution in [0.2, 0.25) is 0 Å². The first kappa shape index (κ1) is 100. The minimum atomic E-state index is 0. The van der Waals surface area contributed by atoms with Crippen molar-refractivity contribution in [3.05, 3.63) is 0 Å². The summed E-state index contributed by atoms with van der Waals surface area (Å²) in [5.41, 5.74) is 0. The Morgan fingerprint density at radius 2 is 0.806 bits per heavy atom. The van der Waals surface area contributed by atoms with Crippen LogP contribution in [0.1, 0.15) is 176 Å². The van der Waals surface area contributed by atoms with E-state index in [1.54, 1.807) is 0 Å². The topological polar surface area (TPSA) is 27.3 Å². The molecule has 0 heterocycles. The highest BCUT2D eigenvalue weighted by molar-refractivity contribution is 4.54. The smallest absolute Gasteiger partial charge is 0.0107 e. The number of likely N-dealkylation sites (N-methyl/N-ethyl adjacent to an activating group) is 2. The van der Waals surface area contributed by atoms with Crippen molar-refractivity contribution in [2.24, 2.45) is 5.92 Å². The normalized spacial score (nSPS) is 6.67. The fraction of sp³-hybridized carbons (Fsp3) is 1.00. The molecular formula is C33H99N3. The Morgan fingerprint density at radius 3 is 0.917 bits per heavy atom. The molecule has 3 heteroatoms. The lowest BCUT2D eigenvalue weighted by atomic mass is 10.1. The van der Waals surface area contributed by atoms with Crippen LogP contribution < -0.4 is 10.6 Å². The summed E-state index contributed by atoms with van der Waals surface area (Å²) in [7, 11) is 3.96. The largest absolute Gasteiger partial charge is 0.320 e. The molecular weight excluding hydrogens is 438 g/mol. The molecule has 0 aromatic carbocycles. The van der Waals surface area contributed by atoms with E-state index in [0.29, 0.717) is 0 Å². The molecule has 0 rings (SSSR count). The number of nitrogens with one attached hydrogen (secondary N) is 2. The van der Waals surface area contributed by atoms with Gasteiger partial charge in [0.25, 0.3) is 0 Å². The molecule has 0 atom stereocenters. The summed E-state index contributed by atoms with van der Waals surface area (Å²) in [5.74, 6) is 0.935. The molecule has 0 radical (unpaired) electrons. The van der Waals surface area contributed by atoms with E-state index in [0.717, 1.165) is 19.0 Å². The molecule has 0 amide bonds. The van der Waals surface area contributed by atoms with Crippen LogP contribution in [-0.2, 0) is 0 Å². The van der Waals surface area contributed by atoms with Gasteiger partial charge in [-0.25, -0.2) is 0 Å². The quantitative estimate of drug-likeness (QED) is 0.274. The van der Waals surface area contributed by atoms with E-state index in [1.807, 2.05) is 14.1 Å². The number of unbranched alkanes of at least 4 members (excludes halogenated alkanes) is 1. The van der Waals surface area contributed by atoms with Crippen molar-refractivity contribution < 1.29 is 0 Å². The van der Waals surface area contributed by atoms with Crippen LogP contribution in [0.15, 0.2) is 0 Å². The Morgan fingerprint density at radius 1 is 0.472 bits per heavy atom. The molecule has 2 N–H and O–H groups in total. The molecule has 36 heavy (non-hydrogen) atoms. The van der Waals surface area contributed by atoms with Gasteiger partial charge in [0, 0.05) is 13.1 Å². The van der Waals surface area contributed by atoms with Gasteiger partial charge < -0.3 is 15.5 Å². The highest BCUT2D eigenvalue weighted by Crippen LogP contribution is 2.02. The zero-order valence-electron chi connectivity index (χ0n) is 19.8. The molecule has 246 valence electrons. The number of nitrogens with zero attached hydrogens (tertiary/aromatic N) is 1. The van der Waals surface area contributed by atoms with E-state index in [9.17, 15) is 0 Å². The van der Waals surface area contributed by atoms with E-state index in [2.05, 4.69) is 70.9 Å². The fourth-order valence-corrected chi connectivity index (χ4v) is 1.55. The van der Waals surface area contributed by atoms with Crippen LogP contribution >= 0.6 is 0 Å². The number of hydrogen-bond acceptors (Lipinski definition) is 3. The van der Waals surface area contributed by atoms with Crippen molar-refractivity contribution in [1.29, 1.82) is 0 Å². The molecule has 0 spiro atoms. The van der Waals surface area contributed by atoms with Crippen molar-refractivity contribution in [1.82, 2.24) is 15.5 Å². The molecule has 0 aromatic heterocycles.